The van der Waals surface area contributed by atoms with Gasteiger partial charge in [-0.15, -0.1) is 22.7 Å². The van der Waals surface area contributed by atoms with Crippen molar-refractivity contribution < 1.29 is 14.5 Å². The van der Waals surface area contributed by atoms with Gasteiger partial charge in [-0.05, 0) is 36.2 Å². The van der Waals surface area contributed by atoms with E-state index in [-0.39, 0.29) is 21.0 Å². The number of carbonyl (C=O) groups excluding carboxylic acids is 2. The molecule has 0 fully saturated rings. The molecule has 0 saturated heterocycles. The fraction of sp³-hybridized carbons (Fsp3) is 0.364. The number of anilines is 1. The third-order valence-corrected chi connectivity index (χ3v) is 8.90. The van der Waals surface area contributed by atoms with Gasteiger partial charge in [0.2, 0.25) is 0 Å². The first kappa shape index (κ1) is 22.7. The molecule has 32 heavy (non-hydrogen) atoms. The van der Waals surface area contributed by atoms with Crippen molar-refractivity contribution in [2.24, 2.45) is 17.1 Å². The van der Waals surface area contributed by atoms with Crippen LogP contribution in [0.3, 0.4) is 0 Å². The van der Waals surface area contributed by atoms with Crippen LogP contribution in [0.4, 0.5) is 10.7 Å². The van der Waals surface area contributed by atoms with E-state index in [0.29, 0.717) is 26.6 Å². The molecule has 0 spiro atoms. The van der Waals surface area contributed by atoms with Crippen molar-refractivity contribution in [3.63, 3.8) is 0 Å². The van der Waals surface area contributed by atoms with E-state index in [1.54, 1.807) is 6.07 Å². The van der Waals surface area contributed by atoms with E-state index in [4.69, 9.17) is 17.3 Å². The Morgan fingerprint density at radius 2 is 2.00 bits per heavy atom. The van der Waals surface area contributed by atoms with Crippen molar-refractivity contribution in [1.29, 1.82) is 0 Å². The first-order chi connectivity index (χ1) is 15.0. The Bertz CT molecular complexity index is 1270. The Morgan fingerprint density at radius 1 is 1.28 bits per heavy atom. The van der Waals surface area contributed by atoms with Gasteiger partial charge in [0.15, 0.2) is 0 Å². The fourth-order valence-electron chi connectivity index (χ4n) is 4.20. The van der Waals surface area contributed by atoms with Crippen LogP contribution in [-0.4, -0.2) is 16.7 Å². The number of amides is 2. The minimum absolute atomic E-state index is 0.105. The largest absolute Gasteiger partial charge is 0.365 e. The van der Waals surface area contributed by atoms with E-state index in [9.17, 15) is 19.7 Å². The summed E-state index contributed by atoms with van der Waals surface area (Å²) in [6.45, 7) is 6.61. The second-order valence-corrected chi connectivity index (χ2v) is 11.5. The highest BCUT2D eigenvalue weighted by Gasteiger charge is 2.34. The first-order valence-corrected chi connectivity index (χ1v) is 12.1. The van der Waals surface area contributed by atoms with Crippen molar-refractivity contribution in [2.45, 2.75) is 40.0 Å². The summed E-state index contributed by atoms with van der Waals surface area (Å²) in [6.07, 6.45) is 2.51. The molecule has 1 aliphatic carbocycles. The number of benzene rings is 1. The van der Waals surface area contributed by atoms with Crippen LogP contribution in [0.2, 0.25) is 5.02 Å². The van der Waals surface area contributed by atoms with Crippen molar-refractivity contribution >= 4 is 66.9 Å². The number of primary amides is 1. The summed E-state index contributed by atoms with van der Waals surface area (Å²) < 4.78 is 0.335. The normalized spacial score (nSPS) is 16.1. The number of carbonyl (C=O) groups is 2. The van der Waals surface area contributed by atoms with Gasteiger partial charge in [0.25, 0.3) is 17.5 Å². The lowest BCUT2D eigenvalue weighted by Crippen LogP contribution is -2.27. The average molecular weight is 492 g/mol. The van der Waals surface area contributed by atoms with Crippen LogP contribution in [0.1, 0.15) is 57.7 Å². The van der Waals surface area contributed by atoms with Gasteiger partial charge in [-0.25, -0.2) is 0 Å². The molecule has 2 aromatic heterocycles. The molecule has 4 rings (SSSR count). The number of thiophene rings is 2. The predicted octanol–water partition coefficient (Wildman–Crippen LogP) is 6.03. The predicted molar refractivity (Wildman–Crippen MR) is 129 cm³/mol. The van der Waals surface area contributed by atoms with Crippen molar-refractivity contribution in [1.82, 2.24) is 0 Å². The van der Waals surface area contributed by atoms with Crippen LogP contribution < -0.4 is 11.1 Å². The molecule has 168 valence electrons. The molecular weight excluding hydrogens is 470 g/mol. The van der Waals surface area contributed by atoms with Gasteiger partial charge in [-0.3, -0.25) is 19.7 Å². The maximum atomic E-state index is 13.1. The Kier molecular flexibility index (Phi) is 5.77. The van der Waals surface area contributed by atoms with Gasteiger partial charge in [0, 0.05) is 16.3 Å². The summed E-state index contributed by atoms with van der Waals surface area (Å²) >= 11 is 8.74. The fourth-order valence-corrected chi connectivity index (χ4v) is 7.02. The smallest absolute Gasteiger partial charge is 0.287 e. The molecule has 3 aromatic rings. The molecule has 7 nitrogen and oxygen atoms in total. The number of hydrogen-bond donors (Lipinski definition) is 2. The number of rotatable bonds is 4. The number of fused-ring (bicyclic) bond motifs is 2. The van der Waals surface area contributed by atoms with Crippen LogP contribution in [0.25, 0.3) is 10.1 Å². The highest BCUT2D eigenvalue weighted by Crippen LogP contribution is 2.45. The van der Waals surface area contributed by atoms with E-state index in [0.717, 1.165) is 41.0 Å². The van der Waals surface area contributed by atoms with E-state index >= 15 is 0 Å². The number of halogens is 1. The molecule has 1 atom stereocenters. The zero-order chi connectivity index (χ0) is 23.4. The van der Waals surface area contributed by atoms with Crippen molar-refractivity contribution in [3.8, 4) is 0 Å². The lowest BCUT2D eigenvalue weighted by molar-refractivity contribution is -0.382. The van der Waals surface area contributed by atoms with Crippen LogP contribution in [0, 0.1) is 21.4 Å². The van der Waals surface area contributed by atoms with Crippen LogP contribution in [0.15, 0.2) is 18.2 Å². The molecule has 0 radical (unpaired) electrons. The maximum Gasteiger partial charge on any atom is 0.287 e. The standard InChI is InChI=1S/C22H22ClN3O4S2/c1-22(2,3)10-7-8-11-14(9-10)31-21(15(11)19(24)27)25-20(28)18-16(23)12-5-4-6-13(26(29)30)17(12)32-18/h4-6,10H,7-9H2,1-3H3,(H2,24,27)(H,25,28)/t10-/m1/s1. The monoisotopic (exact) mass is 491 g/mol. The molecule has 1 aliphatic rings. The number of nitro benzene ring substituents is 1. The van der Waals surface area contributed by atoms with Gasteiger partial charge in [-0.2, -0.15) is 0 Å². The average Bonchev–Trinajstić information content (AvgIpc) is 3.24. The number of nitrogens with zero attached hydrogens (tertiary/aromatic N) is 1. The lowest BCUT2D eigenvalue weighted by Gasteiger charge is -2.33. The minimum atomic E-state index is -0.579. The van der Waals surface area contributed by atoms with Gasteiger partial charge in [-0.1, -0.05) is 44.5 Å². The van der Waals surface area contributed by atoms with Gasteiger partial charge in [0.05, 0.1) is 15.5 Å². The summed E-state index contributed by atoms with van der Waals surface area (Å²) in [5.74, 6) is -0.625. The van der Waals surface area contributed by atoms with Crippen molar-refractivity contribution in [3.05, 3.63) is 54.2 Å². The highest BCUT2D eigenvalue weighted by molar-refractivity contribution is 7.22. The zero-order valence-electron chi connectivity index (χ0n) is 17.8. The number of hydrogen-bond acceptors (Lipinski definition) is 6. The maximum absolute atomic E-state index is 13.1. The van der Waals surface area contributed by atoms with Crippen molar-refractivity contribution in [2.75, 3.05) is 5.32 Å². The summed E-state index contributed by atoms with van der Waals surface area (Å²) in [7, 11) is 0. The van der Waals surface area contributed by atoms with E-state index in [1.807, 2.05) is 0 Å². The molecule has 0 unspecified atom stereocenters. The molecular formula is C22H22ClN3O4S2. The molecule has 1 aromatic carbocycles. The van der Waals surface area contributed by atoms with E-state index in [2.05, 4.69) is 26.1 Å². The Balaban J connectivity index is 1.71. The molecule has 2 heterocycles. The molecule has 0 saturated carbocycles. The van der Waals surface area contributed by atoms with Gasteiger partial charge < -0.3 is 11.1 Å². The lowest BCUT2D eigenvalue weighted by atomic mass is 9.72. The summed E-state index contributed by atoms with van der Waals surface area (Å²) in [4.78, 5) is 37.4. The summed E-state index contributed by atoms with van der Waals surface area (Å²) in [5, 5.41) is 15.2. The summed E-state index contributed by atoms with van der Waals surface area (Å²) in [6, 6.07) is 4.55. The van der Waals surface area contributed by atoms with E-state index in [1.165, 1.54) is 23.5 Å². The second-order valence-electron chi connectivity index (χ2n) is 8.99. The molecule has 2 amide bonds. The molecule has 0 bridgehead atoms. The molecule has 3 N–H and O–H groups in total. The van der Waals surface area contributed by atoms with E-state index < -0.39 is 16.7 Å². The Labute approximate surface area is 197 Å². The Morgan fingerprint density at radius 3 is 2.62 bits per heavy atom. The number of nitrogens with one attached hydrogen (secondary N) is 1. The minimum Gasteiger partial charge on any atom is -0.365 e. The third kappa shape index (κ3) is 3.89. The Hall–Kier alpha value is -2.49. The third-order valence-electron chi connectivity index (χ3n) is 6.00. The summed E-state index contributed by atoms with van der Waals surface area (Å²) in [5.41, 5.74) is 6.98. The van der Waals surface area contributed by atoms with Gasteiger partial charge in [0.1, 0.15) is 14.6 Å². The number of nitro groups is 1. The quantitative estimate of drug-likeness (QED) is 0.342. The van der Waals surface area contributed by atoms with Crippen LogP contribution in [0.5, 0.6) is 0 Å². The second kappa shape index (κ2) is 8.13. The van der Waals surface area contributed by atoms with Gasteiger partial charge >= 0.3 is 0 Å². The molecule has 0 aliphatic heterocycles. The molecule has 10 heteroatoms. The highest BCUT2D eigenvalue weighted by atomic mass is 35.5. The van der Waals surface area contributed by atoms with Crippen LogP contribution in [-0.2, 0) is 12.8 Å². The topological polar surface area (TPSA) is 115 Å². The number of non-ortho nitro benzene ring substituents is 1. The van der Waals surface area contributed by atoms with Crippen LogP contribution >= 0.6 is 34.3 Å². The SMILES string of the molecule is CC(C)(C)[C@@H]1CCc2c(sc(NC(=O)c3sc4c([N+](=O)[O-])cccc4c3Cl)c2C(N)=O)C1. The number of nitrogens with two attached hydrogens (primary N) is 1. The zero-order valence-corrected chi connectivity index (χ0v) is 20.2. The first-order valence-electron chi connectivity index (χ1n) is 10.1.